The molecule has 3 nitrogen and oxygen atoms in total. The molecule has 2 rings (SSSR count). The Morgan fingerprint density at radius 1 is 1.17 bits per heavy atom. The third-order valence-electron chi connectivity index (χ3n) is 3.87. The molecular weight excluding hydrogens is 224 g/mol. The van der Waals surface area contributed by atoms with E-state index in [1.54, 1.807) is 0 Å². The molecule has 1 saturated heterocycles. The number of benzene rings is 1. The molecule has 0 spiro atoms. The van der Waals surface area contributed by atoms with E-state index >= 15 is 0 Å². The highest BCUT2D eigenvalue weighted by atomic mass is 16.3. The van der Waals surface area contributed by atoms with E-state index in [-0.39, 0.29) is 6.10 Å². The summed E-state index contributed by atoms with van der Waals surface area (Å²) < 4.78 is 0. The predicted molar refractivity (Wildman–Crippen MR) is 74.4 cm³/mol. The monoisotopic (exact) mass is 248 g/mol. The molecule has 1 N–H and O–H groups in total. The Labute approximate surface area is 110 Å². The number of likely N-dealkylation sites (tertiary alicyclic amines) is 1. The van der Waals surface area contributed by atoms with Crippen LogP contribution in [-0.2, 0) is 6.54 Å². The van der Waals surface area contributed by atoms with Gasteiger partial charge in [-0.1, -0.05) is 44.2 Å². The number of aliphatic hydroxyl groups excluding tert-OH is 1. The van der Waals surface area contributed by atoms with Crippen molar-refractivity contribution >= 4 is 0 Å². The Balaban J connectivity index is 1.94. The van der Waals surface area contributed by atoms with Crippen LogP contribution in [0.5, 0.6) is 0 Å². The zero-order valence-corrected chi connectivity index (χ0v) is 11.4. The lowest BCUT2D eigenvalue weighted by Gasteiger charge is -2.28. The highest BCUT2D eigenvalue weighted by Gasteiger charge is 2.34. The van der Waals surface area contributed by atoms with Crippen molar-refractivity contribution in [3.8, 4) is 0 Å². The lowest BCUT2D eigenvalue weighted by atomic mass is 10.2. The van der Waals surface area contributed by atoms with Gasteiger partial charge < -0.3 is 5.11 Å². The van der Waals surface area contributed by atoms with E-state index in [0.29, 0.717) is 6.04 Å². The Hall–Kier alpha value is -0.900. The molecular formula is C15H24N2O. The number of hydrogen-bond acceptors (Lipinski definition) is 3. The fraction of sp³-hybridized carbons (Fsp3) is 0.600. The van der Waals surface area contributed by atoms with Crippen LogP contribution >= 0.6 is 0 Å². The van der Waals surface area contributed by atoms with Crippen molar-refractivity contribution in [2.24, 2.45) is 0 Å². The van der Waals surface area contributed by atoms with E-state index in [2.05, 4.69) is 47.9 Å². The molecule has 1 aliphatic rings. The molecule has 0 aliphatic carbocycles. The standard InChI is InChI=1S/C15H24N2O/c1-3-17(4-2)14-11-16(12-15(14)18)10-13-8-6-5-7-9-13/h5-9,14-15,18H,3-4,10-12H2,1-2H3. The van der Waals surface area contributed by atoms with Crippen LogP contribution in [0.3, 0.4) is 0 Å². The van der Waals surface area contributed by atoms with E-state index in [9.17, 15) is 5.11 Å². The van der Waals surface area contributed by atoms with Gasteiger partial charge in [-0.15, -0.1) is 0 Å². The van der Waals surface area contributed by atoms with Gasteiger partial charge in [0.25, 0.3) is 0 Å². The van der Waals surface area contributed by atoms with E-state index in [1.807, 2.05) is 6.07 Å². The van der Waals surface area contributed by atoms with Crippen molar-refractivity contribution in [3.63, 3.8) is 0 Å². The van der Waals surface area contributed by atoms with Crippen molar-refractivity contribution in [2.75, 3.05) is 26.2 Å². The Kier molecular flexibility index (Phi) is 4.75. The fourth-order valence-corrected chi connectivity index (χ4v) is 2.87. The molecule has 2 unspecified atom stereocenters. The van der Waals surface area contributed by atoms with Gasteiger partial charge in [-0.3, -0.25) is 9.80 Å². The molecule has 100 valence electrons. The second kappa shape index (κ2) is 6.32. The molecule has 0 radical (unpaired) electrons. The predicted octanol–water partition coefficient (Wildman–Crippen LogP) is 1.57. The molecule has 1 aromatic carbocycles. The topological polar surface area (TPSA) is 26.7 Å². The van der Waals surface area contributed by atoms with Crippen molar-refractivity contribution in [1.29, 1.82) is 0 Å². The minimum atomic E-state index is -0.214. The second-order valence-corrected chi connectivity index (χ2v) is 5.04. The number of hydrogen-bond donors (Lipinski definition) is 1. The van der Waals surface area contributed by atoms with Gasteiger partial charge in [0.2, 0.25) is 0 Å². The summed E-state index contributed by atoms with van der Waals surface area (Å²) in [4.78, 5) is 4.71. The Morgan fingerprint density at radius 2 is 1.83 bits per heavy atom. The van der Waals surface area contributed by atoms with Crippen LogP contribution in [0.1, 0.15) is 19.4 Å². The van der Waals surface area contributed by atoms with Crippen LogP contribution in [-0.4, -0.2) is 53.2 Å². The summed E-state index contributed by atoms with van der Waals surface area (Å²) in [5, 5.41) is 10.2. The van der Waals surface area contributed by atoms with Crippen LogP contribution in [0, 0.1) is 0 Å². The van der Waals surface area contributed by atoms with Crippen LogP contribution in [0.25, 0.3) is 0 Å². The third kappa shape index (κ3) is 3.10. The van der Waals surface area contributed by atoms with Gasteiger partial charge in [0, 0.05) is 25.7 Å². The normalized spacial score (nSPS) is 24.9. The minimum absolute atomic E-state index is 0.214. The third-order valence-corrected chi connectivity index (χ3v) is 3.87. The van der Waals surface area contributed by atoms with Crippen molar-refractivity contribution in [2.45, 2.75) is 32.5 Å². The van der Waals surface area contributed by atoms with Gasteiger partial charge in [-0.2, -0.15) is 0 Å². The quantitative estimate of drug-likeness (QED) is 0.857. The summed E-state index contributed by atoms with van der Waals surface area (Å²) in [6.07, 6.45) is -0.214. The first kappa shape index (κ1) is 13.5. The summed E-state index contributed by atoms with van der Waals surface area (Å²) in [7, 11) is 0. The van der Waals surface area contributed by atoms with Gasteiger partial charge in [-0.25, -0.2) is 0 Å². The first-order chi connectivity index (χ1) is 8.74. The molecule has 18 heavy (non-hydrogen) atoms. The SMILES string of the molecule is CCN(CC)C1CN(Cc2ccccc2)CC1O. The number of nitrogens with zero attached hydrogens (tertiary/aromatic N) is 2. The summed E-state index contributed by atoms with van der Waals surface area (Å²) in [6.45, 7) is 9.05. The van der Waals surface area contributed by atoms with Gasteiger partial charge in [0.15, 0.2) is 0 Å². The van der Waals surface area contributed by atoms with Crippen molar-refractivity contribution < 1.29 is 5.11 Å². The number of rotatable bonds is 5. The van der Waals surface area contributed by atoms with Gasteiger partial charge in [-0.05, 0) is 18.7 Å². The molecule has 0 bridgehead atoms. The fourth-order valence-electron chi connectivity index (χ4n) is 2.87. The molecule has 0 saturated carbocycles. The number of aliphatic hydroxyl groups is 1. The maximum Gasteiger partial charge on any atom is 0.0834 e. The number of likely N-dealkylation sites (N-methyl/N-ethyl adjacent to an activating group) is 1. The maximum absolute atomic E-state index is 10.2. The van der Waals surface area contributed by atoms with E-state index in [0.717, 1.165) is 32.7 Å². The van der Waals surface area contributed by atoms with Crippen molar-refractivity contribution in [1.82, 2.24) is 9.80 Å². The molecule has 1 aliphatic heterocycles. The van der Waals surface area contributed by atoms with Gasteiger partial charge >= 0.3 is 0 Å². The maximum atomic E-state index is 10.2. The van der Waals surface area contributed by atoms with Gasteiger partial charge in [0.1, 0.15) is 0 Å². The van der Waals surface area contributed by atoms with Crippen molar-refractivity contribution in [3.05, 3.63) is 35.9 Å². The second-order valence-electron chi connectivity index (χ2n) is 5.04. The molecule has 1 aromatic rings. The number of β-amino-alcohol motifs (C(OH)–C–C–N with tert-alkyl or cyclic N) is 1. The largest absolute Gasteiger partial charge is 0.390 e. The van der Waals surface area contributed by atoms with E-state index < -0.39 is 0 Å². The van der Waals surface area contributed by atoms with E-state index in [1.165, 1.54) is 5.56 Å². The average Bonchev–Trinajstić information content (AvgIpc) is 2.73. The first-order valence-electron chi connectivity index (χ1n) is 6.93. The van der Waals surface area contributed by atoms with Crippen LogP contribution in [0.4, 0.5) is 0 Å². The van der Waals surface area contributed by atoms with Crippen LogP contribution in [0.15, 0.2) is 30.3 Å². The van der Waals surface area contributed by atoms with Crippen LogP contribution < -0.4 is 0 Å². The molecule has 1 heterocycles. The first-order valence-corrected chi connectivity index (χ1v) is 6.93. The highest BCUT2D eigenvalue weighted by Crippen LogP contribution is 2.18. The molecule has 0 aromatic heterocycles. The highest BCUT2D eigenvalue weighted by molar-refractivity contribution is 5.15. The molecule has 3 heteroatoms. The van der Waals surface area contributed by atoms with Gasteiger partial charge in [0.05, 0.1) is 6.10 Å². The average molecular weight is 248 g/mol. The smallest absolute Gasteiger partial charge is 0.0834 e. The summed E-state index contributed by atoms with van der Waals surface area (Å²) in [5.74, 6) is 0. The van der Waals surface area contributed by atoms with Crippen LogP contribution in [0.2, 0.25) is 0 Å². The summed E-state index contributed by atoms with van der Waals surface area (Å²) in [5.41, 5.74) is 1.32. The zero-order chi connectivity index (χ0) is 13.0. The lowest BCUT2D eigenvalue weighted by molar-refractivity contribution is 0.0895. The molecule has 0 amide bonds. The zero-order valence-electron chi connectivity index (χ0n) is 11.4. The lowest BCUT2D eigenvalue weighted by Crippen LogP contribution is -2.43. The Morgan fingerprint density at radius 3 is 2.44 bits per heavy atom. The minimum Gasteiger partial charge on any atom is -0.390 e. The molecule has 2 atom stereocenters. The molecule has 1 fully saturated rings. The Bertz CT molecular complexity index is 351. The summed E-state index contributed by atoms with van der Waals surface area (Å²) in [6, 6.07) is 10.8. The summed E-state index contributed by atoms with van der Waals surface area (Å²) >= 11 is 0. The van der Waals surface area contributed by atoms with E-state index in [4.69, 9.17) is 0 Å².